The number of nitrogens with one attached hydrogen (secondary N) is 1. The Morgan fingerprint density at radius 3 is 2.70 bits per heavy atom. The zero-order valence-corrected chi connectivity index (χ0v) is 12.8. The lowest BCUT2D eigenvalue weighted by Crippen LogP contribution is -2.32. The first-order valence-electron chi connectivity index (χ1n) is 7.27. The summed E-state index contributed by atoms with van der Waals surface area (Å²) in [6.45, 7) is 3.43. The van der Waals surface area contributed by atoms with Crippen LogP contribution in [0.4, 0.5) is 11.4 Å². The molecule has 0 aromatic heterocycles. The van der Waals surface area contributed by atoms with E-state index >= 15 is 0 Å². The van der Waals surface area contributed by atoms with Gasteiger partial charge >= 0.3 is 0 Å². The number of nitrogens with zero attached hydrogens (tertiary/aromatic N) is 1. The second kappa shape index (κ2) is 5.72. The summed E-state index contributed by atoms with van der Waals surface area (Å²) in [7, 11) is 0. The van der Waals surface area contributed by atoms with Crippen molar-refractivity contribution in [2.45, 2.75) is 26.4 Å². The molecular weight excluding hydrogens is 296 g/mol. The smallest absolute Gasteiger partial charge is 0.274 e. The van der Waals surface area contributed by atoms with E-state index in [4.69, 9.17) is 4.74 Å². The van der Waals surface area contributed by atoms with Gasteiger partial charge in [0.05, 0.1) is 16.2 Å². The molecule has 0 aliphatic carbocycles. The summed E-state index contributed by atoms with van der Waals surface area (Å²) in [4.78, 5) is 23.1. The van der Waals surface area contributed by atoms with Gasteiger partial charge in [-0.2, -0.15) is 0 Å². The highest BCUT2D eigenvalue weighted by Gasteiger charge is 2.30. The molecule has 6 nitrogen and oxygen atoms in total. The van der Waals surface area contributed by atoms with Crippen LogP contribution in [-0.2, 0) is 11.2 Å². The lowest BCUT2D eigenvalue weighted by molar-refractivity contribution is -0.385. The van der Waals surface area contributed by atoms with Gasteiger partial charge in [-0.05, 0) is 31.0 Å². The molecule has 1 aliphatic heterocycles. The molecule has 1 atom stereocenters. The van der Waals surface area contributed by atoms with Crippen LogP contribution >= 0.6 is 0 Å². The molecule has 3 rings (SSSR count). The molecule has 0 bridgehead atoms. The average Bonchev–Trinajstić information content (AvgIpc) is 2.95. The van der Waals surface area contributed by atoms with Crippen LogP contribution in [0.1, 0.15) is 16.7 Å². The Morgan fingerprint density at radius 2 is 2.00 bits per heavy atom. The van der Waals surface area contributed by atoms with E-state index in [2.05, 4.69) is 5.32 Å². The van der Waals surface area contributed by atoms with Gasteiger partial charge in [0.25, 0.3) is 11.6 Å². The predicted octanol–water partition coefficient (Wildman–Crippen LogP) is 3.15. The predicted molar refractivity (Wildman–Crippen MR) is 85.8 cm³/mol. The summed E-state index contributed by atoms with van der Waals surface area (Å²) in [5.41, 5.74) is 2.67. The van der Waals surface area contributed by atoms with Crippen molar-refractivity contribution in [2.75, 3.05) is 5.32 Å². The number of benzene rings is 2. The number of carbonyl (C=O) groups excluding carboxylic acids is 1. The van der Waals surface area contributed by atoms with Gasteiger partial charge < -0.3 is 10.1 Å². The lowest BCUT2D eigenvalue weighted by Gasteiger charge is -2.15. The number of hydrogen-bond donors (Lipinski definition) is 1. The van der Waals surface area contributed by atoms with Crippen LogP contribution in [0.2, 0.25) is 0 Å². The number of nitro benzene ring substituents is 1. The molecule has 0 fully saturated rings. The Labute approximate surface area is 133 Å². The van der Waals surface area contributed by atoms with Crippen molar-refractivity contribution in [1.29, 1.82) is 0 Å². The van der Waals surface area contributed by atoms with Gasteiger partial charge in [-0.1, -0.05) is 24.3 Å². The van der Waals surface area contributed by atoms with Gasteiger partial charge in [-0.3, -0.25) is 14.9 Å². The number of aryl methyl sites for hydroxylation is 1. The first-order chi connectivity index (χ1) is 11.0. The summed E-state index contributed by atoms with van der Waals surface area (Å²) in [6, 6.07) is 10.6. The van der Waals surface area contributed by atoms with Gasteiger partial charge in [-0.25, -0.2) is 0 Å². The number of carbonyl (C=O) groups is 1. The standard InChI is InChI=1S/C17H16N2O4/c1-10-7-8-13(19(21)22)11(2)16(10)18-17(20)15-9-12-5-3-4-6-14(12)23-15/h3-8,15H,9H2,1-2H3,(H,18,20). The zero-order valence-electron chi connectivity index (χ0n) is 12.8. The van der Waals surface area contributed by atoms with E-state index in [9.17, 15) is 14.9 Å². The maximum absolute atomic E-state index is 12.5. The molecule has 2 aromatic carbocycles. The third kappa shape index (κ3) is 2.75. The fourth-order valence-corrected chi connectivity index (χ4v) is 2.76. The van der Waals surface area contributed by atoms with Gasteiger partial charge in [0.15, 0.2) is 6.10 Å². The molecule has 0 saturated carbocycles. The number of nitro groups is 1. The van der Waals surface area contributed by atoms with Crippen LogP contribution < -0.4 is 10.1 Å². The highest BCUT2D eigenvalue weighted by molar-refractivity contribution is 5.97. The van der Waals surface area contributed by atoms with Gasteiger partial charge in [0, 0.05) is 12.5 Å². The number of para-hydroxylation sites is 1. The summed E-state index contributed by atoms with van der Waals surface area (Å²) in [5, 5.41) is 13.8. The zero-order chi connectivity index (χ0) is 16.6. The first kappa shape index (κ1) is 15.0. The minimum absolute atomic E-state index is 0.0125. The molecule has 0 radical (unpaired) electrons. The van der Waals surface area contributed by atoms with Crippen molar-refractivity contribution in [3.63, 3.8) is 0 Å². The summed E-state index contributed by atoms with van der Waals surface area (Å²) < 4.78 is 5.65. The number of fused-ring (bicyclic) bond motifs is 1. The van der Waals surface area contributed by atoms with E-state index in [-0.39, 0.29) is 11.6 Å². The second-order valence-corrected chi connectivity index (χ2v) is 5.57. The number of anilines is 1. The van der Waals surface area contributed by atoms with Crippen molar-refractivity contribution in [2.24, 2.45) is 0 Å². The maximum atomic E-state index is 12.5. The normalized spacial score (nSPS) is 15.7. The van der Waals surface area contributed by atoms with Crippen molar-refractivity contribution < 1.29 is 14.5 Å². The summed E-state index contributed by atoms with van der Waals surface area (Å²) in [5.74, 6) is 0.410. The highest BCUT2D eigenvalue weighted by atomic mass is 16.6. The monoisotopic (exact) mass is 312 g/mol. The first-order valence-corrected chi connectivity index (χ1v) is 7.27. The third-order valence-corrected chi connectivity index (χ3v) is 4.03. The minimum atomic E-state index is -0.620. The van der Waals surface area contributed by atoms with Crippen molar-refractivity contribution in [3.8, 4) is 5.75 Å². The fourth-order valence-electron chi connectivity index (χ4n) is 2.76. The van der Waals surface area contributed by atoms with Crippen LogP contribution in [-0.4, -0.2) is 16.9 Å². The number of ether oxygens (including phenoxy) is 1. The Kier molecular flexibility index (Phi) is 3.73. The van der Waals surface area contributed by atoms with E-state index in [1.54, 1.807) is 19.9 Å². The van der Waals surface area contributed by atoms with Gasteiger partial charge in [0.2, 0.25) is 0 Å². The average molecular weight is 312 g/mol. The van der Waals surface area contributed by atoms with Crippen molar-refractivity contribution in [3.05, 3.63) is 63.2 Å². The molecule has 1 unspecified atom stereocenters. The fraction of sp³-hybridized carbons (Fsp3) is 0.235. The Morgan fingerprint density at radius 1 is 1.26 bits per heavy atom. The highest BCUT2D eigenvalue weighted by Crippen LogP contribution is 2.31. The molecule has 23 heavy (non-hydrogen) atoms. The van der Waals surface area contributed by atoms with Gasteiger partial charge in [-0.15, -0.1) is 0 Å². The lowest BCUT2D eigenvalue weighted by atomic mass is 10.1. The minimum Gasteiger partial charge on any atom is -0.480 e. The third-order valence-electron chi connectivity index (χ3n) is 4.03. The molecule has 1 heterocycles. The Balaban J connectivity index is 1.82. The molecule has 118 valence electrons. The largest absolute Gasteiger partial charge is 0.480 e. The SMILES string of the molecule is Cc1ccc([N+](=O)[O-])c(C)c1NC(=O)C1Cc2ccccc2O1. The van der Waals surface area contributed by atoms with Crippen molar-refractivity contribution >= 4 is 17.3 Å². The molecular formula is C17H16N2O4. The Hall–Kier alpha value is -2.89. The maximum Gasteiger partial charge on any atom is 0.274 e. The molecule has 1 N–H and O–H groups in total. The van der Waals surface area contributed by atoms with E-state index < -0.39 is 11.0 Å². The van der Waals surface area contributed by atoms with Crippen LogP contribution in [0.5, 0.6) is 5.75 Å². The van der Waals surface area contributed by atoms with Crippen LogP contribution in [0.3, 0.4) is 0 Å². The molecule has 0 saturated heterocycles. The van der Waals surface area contributed by atoms with Crippen LogP contribution in [0.25, 0.3) is 0 Å². The molecule has 1 amide bonds. The number of amides is 1. The van der Waals surface area contributed by atoms with Crippen LogP contribution in [0, 0.1) is 24.0 Å². The number of rotatable bonds is 3. The van der Waals surface area contributed by atoms with E-state index in [1.165, 1.54) is 6.07 Å². The van der Waals surface area contributed by atoms with Gasteiger partial charge in [0.1, 0.15) is 5.75 Å². The summed E-state index contributed by atoms with van der Waals surface area (Å²) in [6.07, 6.45) is -0.125. The quantitative estimate of drug-likeness (QED) is 0.697. The summed E-state index contributed by atoms with van der Waals surface area (Å²) >= 11 is 0. The van der Waals surface area contributed by atoms with Crippen molar-refractivity contribution in [1.82, 2.24) is 0 Å². The van der Waals surface area contributed by atoms with E-state index in [1.807, 2.05) is 24.3 Å². The second-order valence-electron chi connectivity index (χ2n) is 5.57. The molecule has 0 spiro atoms. The van der Waals surface area contributed by atoms with E-state index in [0.717, 1.165) is 11.1 Å². The Bertz CT molecular complexity index is 776. The van der Waals surface area contributed by atoms with Crippen LogP contribution in [0.15, 0.2) is 36.4 Å². The molecule has 1 aliphatic rings. The number of hydrogen-bond acceptors (Lipinski definition) is 4. The molecule has 6 heteroatoms. The topological polar surface area (TPSA) is 81.5 Å². The van der Waals surface area contributed by atoms with E-state index in [0.29, 0.717) is 23.4 Å². The molecule has 2 aromatic rings.